The number of benzene rings is 2. The Hall–Kier alpha value is -1.44. The van der Waals surface area contributed by atoms with E-state index in [9.17, 15) is 30.6 Å². The van der Waals surface area contributed by atoms with Gasteiger partial charge in [-0.25, -0.2) is 8.93 Å². The highest BCUT2D eigenvalue weighted by Gasteiger charge is 2.40. The van der Waals surface area contributed by atoms with Gasteiger partial charge in [-0.15, -0.1) is 0 Å². The Balaban J connectivity index is 1.92. The Morgan fingerprint density at radius 3 is 1.66 bits per heavy atom. The molecule has 0 spiro atoms. The summed E-state index contributed by atoms with van der Waals surface area (Å²) in [6.45, 7) is 5.18. The maximum atomic E-state index is 13.9. The number of hydrogen-bond donors (Lipinski definition) is 1. The van der Waals surface area contributed by atoms with Crippen LogP contribution in [0.3, 0.4) is 0 Å². The van der Waals surface area contributed by atoms with Crippen molar-refractivity contribution in [2.45, 2.75) is 119 Å². The summed E-state index contributed by atoms with van der Waals surface area (Å²) in [6.07, 6.45) is 1.32. The van der Waals surface area contributed by atoms with Gasteiger partial charge in [-0.3, -0.25) is 0 Å². The second-order valence-electron chi connectivity index (χ2n) is 12.3. The van der Waals surface area contributed by atoms with Crippen LogP contribution in [0.4, 0.5) is 26.3 Å². The molecule has 4 rings (SSSR count). The van der Waals surface area contributed by atoms with Crippen molar-refractivity contribution in [2.24, 2.45) is 0 Å². The maximum Gasteiger partial charge on any atom is 0.416 e. The monoisotopic (exact) mass is 619 g/mol. The average Bonchev–Trinajstić information content (AvgIpc) is 2.91. The predicted molar refractivity (Wildman–Crippen MR) is 156 cm³/mol. The zero-order valence-corrected chi connectivity index (χ0v) is 25.6. The minimum absolute atomic E-state index is 0.157. The Labute approximate surface area is 243 Å². The van der Waals surface area contributed by atoms with Crippen molar-refractivity contribution in [3.05, 3.63) is 64.7 Å². The van der Waals surface area contributed by atoms with Crippen LogP contribution in [0.25, 0.3) is 0 Å². The largest absolute Gasteiger partial charge is 0.416 e. The number of hydrogen-bond acceptors (Lipinski definition) is 1. The molecule has 41 heavy (non-hydrogen) atoms. The summed E-state index contributed by atoms with van der Waals surface area (Å²) in [5.74, 6) is 0. The van der Waals surface area contributed by atoms with E-state index in [2.05, 4.69) is 4.72 Å². The zero-order valence-electron chi connectivity index (χ0n) is 23.9. The summed E-state index contributed by atoms with van der Waals surface area (Å²) in [4.78, 5) is 0. The Morgan fingerprint density at radius 2 is 1.22 bits per heavy atom. The van der Waals surface area contributed by atoms with Crippen molar-refractivity contribution < 1.29 is 30.6 Å². The molecule has 228 valence electrons. The third kappa shape index (κ3) is 8.14. The van der Waals surface area contributed by atoms with Crippen LogP contribution in [0.15, 0.2) is 42.5 Å². The molecule has 2 nitrogen and oxygen atoms in total. The molecule has 0 heterocycles. The predicted octanol–water partition coefficient (Wildman–Crippen LogP) is 9.64. The number of nitrogens with one attached hydrogen (secondary N) is 1. The molecule has 2 aromatic carbocycles. The van der Waals surface area contributed by atoms with E-state index < -0.39 is 53.2 Å². The lowest BCUT2D eigenvalue weighted by molar-refractivity contribution is -0.143. The van der Waals surface area contributed by atoms with Crippen LogP contribution in [-0.2, 0) is 23.3 Å². The standard InChI is InChI=1S/C31H40F6NOPS/c1-29(2,3)41(39)38-28(21-18-22(30(32,33)34)20-23(19-21)31(35,36)37)26-16-10-11-17-27(26)40(24-12-6-4-7-13-24)25-14-8-5-9-15-25/h10-11,16-20,24-25,28,38H,4-9,12-15H2,1-3H3/t28-,41+/m1/s1. The van der Waals surface area contributed by atoms with Crippen LogP contribution in [-0.4, -0.2) is 20.3 Å². The molecule has 0 aliphatic heterocycles. The second-order valence-corrected chi connectivity index (χ2v) is 17.1. The molecule has 0 bridgehead atoms. The molecular weight excluding hydrogens is 579 g/mol. The molecule has 1 N–H and O–H groups in total. The van der Waals surface area contributed by atoms with Crippen LogP contribution in [0.5, 0.6) is 0 Å². The fourth-order valence-electron chi connectivity index (χ4n) is 6.12. The van der Waals surface area contributed by atoms with Gasteiger partial charge in [0.2, 0.25) is 0 Å². The molecule has 2 aromatic rings. The SMILES string of the molecule is CC(C)(C)[S@](=O)N[C@H](c1cc(C(F)(F)F)cc(C(F)(F)F)c1)c1ccccc1P(C1CCCCC1)C1CCCCC1. The smallest absolute Gasteiger partial charge is 0.242 e. The van der Waals surface area contributed by atoms with Crippen LogP contribution in [0, 0.1) is 0 Å². The van der Waals surface area contributed by atoms with E-state index in [1.807, 2.05) is 12.1 Å². The quantitative estimate of drug-likeness (QED) is 0.243. The third-order valence-electron chi connectivity index (χ3n) is 8.19. The molecule has 10 heteroatoms. The summed E-state index contributed by atoms with van der Waals surface area (Å²) in [5.41, 5.74) is -1.35. The fourth-order valence-corrected chi connectivity index (χ4v) is 10.9. The van der Waals surface area contributed by atoms with Crippen LogP contribution in [0.2, 0.25) is 0 Å². The van der Waals surface area contributed by atoms with E-state index in [1.54, 1.807) is 32.9 Å². The number of rotatable bonds is 7. The molecule has 0 aromatic heterocycles. The first-order valence-electron chi connectivity index (χ1n) is 14.5. The summed E-state index contributed by atoms with van der Waals surface area (Å²) in [6, 6.07) is 8.15. The third-order valence-corrected chi connectivity index (χ3v) is 13.3. The van der Waals surface area contributed by atoms with Gasteiger partial charge >= 0.3 is 12.4 Å². The second kappa shape index (κ2) is 13.1. The lowest BCUT2D eigenvalue weighted by Crippen LogP contribution is -2.38. The number of halogens is 6. The zero-order chi connectivity index (χ0) is 30.0. The highest BCUT2D eigenvalue weighted by Crippen LogP contribution is 2.56. The van der Waals surface area contributed by atoms with Crippen molar-refractivity contribution in [1.29, 1.82) is 0 Å². The van der Waals surface area contributed by atoms with Crippen LogP contribution >= 0.6 is 7.92 Å². The van der Waals surface area contributed by atoms with Gasteiger partial charge in [0, 0.05) is 0 Å². The Bertz CT molecular complexity index is 1150. The van der Waals surface area contributed by atoms with E-state index >= 15 is 0 Å². The van der Waals surface area contributed by atoms with Gasteiger partial charge in [0.15, 0.2) is 0 Å². The molecule has 0 unspecified atom stereocenters. The van der Waals surface area contributed by atoms with Crippen molar-refractivity contribution in [1.82, 2.24) is 4.72 Å². The molecular formula is C31H40F6NOPS. The summed E-state index contributed by atoms with van der Waals surface area (Å²) < 4.78 is 99.0. The first-order valence-corrected chi connectivity index (χ1v) is 17.1. The van der Waals surface area contributed by atoms with E-state index in [0.29, 0.717) is 16.9 Å². The van der Waals surface area contributed by atoms with Gasteiger partial charge in [-0.1, -0.05) is 70.7 Å². The molecule has 2 aliphatic rings. The molecule has 0 radical (unpaired) electrons. The average molecular weight is 620 g/mol. The molecule has 2 saturated carbocycles. The highest BCUT2D eigenvalue weighted by atomic mass is 32.2. The van der Waals surface area contributed by atoms with E-state index in [1.165, 1.54) is 12.8 Å². The maximum absolute atomic E-state index is 13.9. The lowest BCUT2D eigenvalue weighted by Gasteiger charge is -2.40. The lowest BCUT2D eigenvalue weighted by atomic mass is 9.95. The van der Waals surface area contributed by atoms with Gasteiger partial charge < -0.3 is 0 Å². The topological polar surface area (TPSA) is 29.1 Å². The van der Waals surface area contributed by atoms with Gasteiger partial charge in [0.25, 0.3) is 0 Å². The Kier molecular flexibility index (Phi) is 10.3. The molecule has 2 fully saturated rings. The summed E-state index contributed by atoms with van der Waals surface area (Å²) >= 11 is 0. The van der Waals surface area contributed by atoms with Crippen molar-refractivity contribution in [3.63, 3.8) is 0 Å². The van der Waals surface area contributed by atoms with E-state index in [0.717, 1.165) is 68.8 Å². The normalized spacial score (nSPS) is 19.9. The minimum Gasteiger partial charge on any atom is -0.242 e. The van der Waals surface area contributed by atoms with Gasteiger partial charge in [0.1, 0.15) is 0 Å². The number of alkyl halides is 6. The summed E-state index contributed by atoms with van der Waals surface area (Å²) in [5, 5.41) is 1.02. The molecule has 2 aliphatic carbocycles. The first-order chi connectivity index (χ1) is 19.2. The van der Waals surface area contributed by atoms with Crippen LogP contribution in [0.1, 0.15) is 113 Å². The minimum atomic E-state index is -4.97. The van der Waals surface area contributed by atoms with Crippen molar-refractivity contribution in [2.75, 3.05) is 0 Å². The summed E-state index contributed by atoms with van der Waals surface area (Å²) in [7, 11) is -2.49. The van der Waals surface area contributed by atoms with E-state index in [-0.39, 0.29) is 11.6 Å². The van der Waals surface area contributed by atoms with Crippen molar-refractivity contribution in [3.8, 4) is 0 Å². The molecule has 0 amide bonds. The fraction of sp³-hybridized carbons (Fsp3) is 0.613. The van der Waals surface area contributed by atoms with Gasteiger partial charge in [0.05, 0.1) is 32.9 Å². The molecule has 2 atom stereocenters. The van der Waals surface area contributed by atoms with Gasteiger partial charge in [-0.2, -0.15) is 26.3 Å². The van der Waals surface area contributed by atoms with Gasteiger partial charge in [-0.05, 0) is 92.4 Å². The van der Waals surface area contributed by atoms with Crippen LogP contribution < -0.4 is 10.0 Å². The first kappa shape index (κ1) is 32.5. The Morgan fingerprint density at radius 1 is 0.756 bits per heavy atom. The van der Waals surface area contributed by atoms with Crippen molar-refractivity contribution >= 4 is 24.2 Å². The van der Waals surface area contributed by atoms with E-state index in [4.69, 9.17) is 0 Å². The molecule has 0 saturated heterocycles. The highest BCUT2D eigenvalue weighted by molar-refractivity contribution is 7.84.